The van der Waals surface area contributed by atoms with Gasteiger partial charge in [-0.1, -0.05) is 52.7 Å². The van der Waals surface area contributed by atoms with E-state index in [-0.39, 0.29) is 23.4 Å². The summed E-state index contributed by atoms with van der Waals surface area (Å²) in [6, 6.07) is 15.9. The third-order valence-electron chi connectivity index (χ3n) is 3.86. The predicted octanol–water partition coefficient (Wildman–Crippen LogP) is 4.56. The minimum absolute atomic E-state index is 0.00873. The molecule has 0 unspecified atom stereocenters. The molecule has 9 heteroatoms. The van der Waals surface area contributed by atoms with Crippen LogP contribution in [0.15, 0.2) is 60.8 Å². The highest BCUT2D eigenvalue weighted by Gasteiger charge is 2.13. The van der Waals surface area contributed by atoms with Gasteiger partial charge >= 0.3 is 0 Å². The number of pyridine rings is 1. The van der Waals surface area contributed by atoms with Crippen LogP contribution >= 0.6 is 23.2 Å². The Hall–Kier alpha value is -3.16. The van der Waals surface area contributed by atoms with E-state index >= 15 is 0 Å². The fourth-order valence-corrected chi connectivity index (χ4v) is 3.02. The zero-order valence-electron chi connectivity index (χ0n) is 14.3. The number of nitrogens with zero attached hydrogens (tertiary/aromatic N) is 4. The number of benzene rings is 2. The molecule has 28 heavy (non-hydrogen) atoms. The number of aromatic nitrogens is 4. The molecular formula is C19H13Cl2N5O2. The number of fused-ring (bicyclic) bond motifs is 1. The van der Waals surface area contributed by atoms with E-state index in [1.165, 1.54) is 16.9 Å². The van der Waals surface area contributed by atoms with Gasteiger partial charge in [0.25, 0.3) is 0 Å². The van der Waals surface area contributed by atoms with E-state index in [1.54, 1.807) is 24.3 Å². The second kappa shape index (κ2) is 7.84. The van der Waals surface area contributed by atoms with Gasteiger partial charge in [-0.3, -0.25) is 4.79 Å². The minimum Gasteiger partial charge on any atom is -0.435 e. The SMILES string of the molecule is O=C(Cn1nnc2ccccc21)Nc1ccccc1Oc1ncc(Cl)cc1Cl. The highest BCUT2D eigenvalue weighted by atomic mass is 35.5. The molecular weight excluding hydrogens is 401 g/mol. The number of nitrogens with one attached hydrogen (secondary N) is 1. The first-order valence-electron chi connectivity index (χ1n) is 8.26. The maximum atomic E-state index is 12.5. The second-order valence-corrected chi connectivity index (χ2v) is 6.67. The largest absolute Gasteiger partial charge is 0.435 e. The van der Waals surface area contributed by atoms with Crippen LogP contribution < -0.4 is 10.1 Å². The molecule has 0 aliphatic heterocycles. The van der Waals surface area contributed by atoms with Gasteiger partial charge in [0.2, 0.25) is 11.8 Å². The molecule has 1 N–H and O–H groups in total. The Morgan fingerprint density at radius 3 is 2.75 bits per heavy atom. The van der Waals surface area contributed by atoms with Crippen molar-refractivity contribution in [3.8, 4) is 11.6 Å². The Balaban J connectivity index is 1.52. The van der Waals surface area contributed by atoms with Gasteiger partial charge in [-0.2, -0.15) is 0 Å². The number of carbonyl (C=O) groups excluding carboxylic acids is 1. The Morgan fingerprint density at radius 2 is 1.89 bits per heavy atom. The molecule has 0 bridgehead atoms. The summed E-state index contributed by atoms with van der Waals surface area (Å²) >= 11 is 12.0. The van der Waals surface area contributed by atoms with Crippen molar-refractivity contribution in [3.05, 3.63) is 70.8 Å². The van der Waals surface area contributed by atoms with Crippen molar-refractivity contribution < 1.29 is 9.53 Å². The van der Waals surface area contributed by atoms with Gasteiger partial charge in [0.05, 0.1) is 16.2 Å². The summed E-state index contributed by atoms with van der Waals surface area (Å²) in [6.45, 7) is 0.00873. The first kappa shape index (κ1) is 18.2. The molecule has 2 aromatic heterocycles. The Bertz CT molecular complexity index is 1160. The van der Waals surface area contributed by atoms with Crippen LogP contribution in [0.4, 0.5) is 5.69 Å². The molecule has 0 spiro atoms. The van der Waals surface area contributed by atoms with Gasteiger partial charge in [-0.25, -0.2) is 9.67 Å². The van der Waals surface area contributed by atoms with Crippen LogP contribution in [0.2, 0.25) is 10.0 Å². The lowest BCUT2D eigenvalue weighted by molar-refractivity contribution is -0.116. The third kappa shape index (κ3) is 3.90. The zero-order chi connectivity index (χ0) is 19.5. The molecule has 7 nitrogen and oxygen atoms in total. The number of carbonyl (C=O) groups is 1. The van der Waals surface area contributed by atoms with Crippen LogP contribution in [-0.2, 0) is 11.3 Å². The monoisotopic (exact) mass is 413 g/mol. The summed E-state index contributed by atoms with van der Waals surface area (Å²) in [4.78, 5) is 16.6. The summed E-state index contributed by atoms with van der Waals surface area (Å²) in [6.07, 6.45) is 1.43. The number of amides is 1. The van der Waals surface area contributed by atoms with Crippen molar-refractivity contribution in [2.75, 3.05) is 5.32 Å². The van der Waals surface area contributed by atoms with Crippen molar-refractivity contribution >= 4 is 45.8 Å². The summed E-state index contributed by atoms with van der Waals surface area (Å²) in [5.74, 6) is 0.313. The van der Waals surface area contributed by atoms with Crippen molar-refractivity contribution in [2.24, 2.45) is 0 Å². The van der Waals surface area contributed by atoms with Crippen LogP contribution in [0, 0.1) is 0 Å². The van der Waals surface area contributed by atoms with Crippen LogP contribution in [0.3, 0.4) is 0 Å². The standard InChI is InChI=1S/C19H13Cl2N5O2/c20-12-9-13(21)19(22-10-12)28-17-8-4-2-6-15(17)23-18(27)11-26-16-7-3-1-5-14(16)24-25-26/h1-10H,11H2,(H,23,27). The molecule has 0 aliphatic carbocycles. The average molecular weight is 414 g/mol. The van der Waals surface area contributed by atoms with Gasteiger partial charge in [-0.15, -0.1) is 5.10 Å². The molecule has 0 saturated heterocycles. The van der Waals surface area contributed by atoms with E-state index < -0.39 is 0 Å². The molecule has 0 aliphatic rings. The van der Waals surface area contributed by atoms with Crippen LogP contribution in [0.1, 0.15) is 0 Å². The zero-order valence-corrected chi connectivity index (χ0v) is 15.9. The number of ether oxygens (including phenoxy) is 1. The molecule has 2 heterocycles. The third-order valence-corrected chi connectivity index (χ3v) is 4.33. The highest BCUT2D eigenvalue weighted by molar-refractivity contribution is 6.35. The average Bonchev–Trinajstić information content (AvgIpc) is 3.08. The van der Waals surface area contributed by atoms with Gasteiger partial charge in [0.1, 0.15) is 17.1 Å². The molecule has 4 aromatic rings. The van der Waals surface area contributed by atoms with Crippen LogP contribution in [0.25, 0.3) is 11.0 Å². The molecule has 0 atom stereocenters. The van der Waals surface area contributed by atoms with Gasteiger partial charge in [0, 0.05) is 6.20 Å². The van der Waals surface area contributed by atoms with E-state index in [9.17, 15) is 4.79 Å². The Morgan fingerprint density at radius 1 is 1.11 bits per heavy atom. The molecule has 0 fully saturated rings. The number of rotatable bonds is 5. The topological polar surface area (TPSA) is 81.9 Å². The van der Waals surface area contributed by atoms with Crippen LogP contribution in [0.5, 0.6) is 11.6 Å². The van der Waals surface area contributed by atoms with E-state index in [0.29, 0.717) is 16.5 Å². The summed E-state index contributed by atoms with van der Waals surface area (Å²) in [5, 5.41) is 11.5. The molecule has 2 aromatic carbocycles. The van der Waals surface area contributed by atoms with Gasteiger partial charge < -0.3 is 10.1 Å². The summed E-state index contributed by atoms with van der Waals surface area (Å²) in [7, 11) is 0. The fourth-order valence-electron chi connectivity index (χ4n) is 2.60. The summed E-state index contributed by atoms with van der Waals surface area (Å²) < 4.78 is 7.28. The Labute approximate surface area is 169 Å². The van der Waals surface area contributed by atoms with Gasteiger partial charge in [-0.05, 0) is 30.3 Å². The molecule has 0 saturated carbocycles. The molecule has 4 rings (SSSR count). The maximum Gasteiger partial charge on any atom is 0.246 e. The molecule has 140 valence electrons. The number of halogens is 2. The Kier molecular flexibility index (Phi) is 5.10. The predicted molar refractivity (Wildman–Crippen MR) is 107 cm³/mol. The molecule has 1 amide bonds. The van der Waals surface area contributed by atoms with Crippen molar-refractivity contribution in [3.63, 3.8) is 0 Å². The minimum atomic E-state index is -0.276. The smallest absolute Gasteiger partial charge is 0.246 e. The van der Waals surface area contributed by atoms with Crippen LogP contribution in [-0.4, -0.2) is 25.9 Å². The van der Waals surface area contributed by atoms with Crippen molar-refractivity contribution in [1.29, 1.82) is 0 Å². The van der Waals surface area contributed by atoms with E-state index in [2.05, 4.69) is 20.6 Å². The normalized spacial score (nSPS) is 10.8. The second-order valence-electron chi connectivity index (χ2n) is 5.82. The number of hydrogen-bond acceptors (Lipinski definition) is 5. The van der Waals surface area contributed by atoms with E-state index in [1.807, 2.05) is 24.3 Å². The fraction of sp³-hybridized carbons (Fsp3) is 0.0526. The highest BCUT2D eigenvalue weighted by Crippen LogP contribution is 2.33. The number of para-hydroxylation sites is 3. The number of hydrogen-bond donors (Lipinski definition) is 1. The van der Waals surface area contributed by atoms with Crippen molar-refractivity contribution in [2.45, 2.75) is 6.54 Å². The maximum absolute atomic E-state index is 12.5. The molecule has 0 radical (unpaired) electrons. The quantitative estimate of drug-likeness (QED) is 0.518. The summed E-state index contributed by atoms with van der Waals surface area (Å²) in [5.41, 5.74) is 1.98. The van der Waals surface area contributed by atoms with E-state index in [0.717, 1.165) is 11.0 Å². The first-order chi connectivity index (χ1) is 13.6. The first-order valence-corrected chi connectivity index (χ1v) is 9.02. The lowest BCUT2D eigenvalue weighted by atomic mass is 10.3. The van der Waals surface area contributed by atoms with E-state index in [4.69, 9.17) is 27.9 Å². The lowest BCUT2D eigenvalue weighted by Crippen LogP contribution is -2.19. The number of anilines is 1. The lowest BCUT2D eigenvalue weighted by Gasteiger charge is -2.12. The van der Waals surface area contributed by atoms with Gasteiger partial charge in [0.15, 0.2) is 5.75 Å². The van der Waals surface area contributed by atoms with Crippen molar-refractivity contribution in [1.82, 2.24) is 20.0 Å².